The Kier molecular flexibility index (Phi) is 4.54. The molecule has 6 nitrogen and oxygen atoms in total. The van der Waals surface area contributed by atoms with Gasteiger partial charge in [-0.3, -0.25) is 0 Å². The highest BCUT2D eigenvalue weighted by Crippen LogP contribution is 2.18. The fourth-order valence-corrected chi connectivity index (χ4v) is 2.12. The summed E-state index contributed by atoms with van der Waals surface area (Å²) in [6.07, 6.45) is 2.16. The zero-order chi connectivity index (χ0) is 13.0. The molecule has 0 spiro atoms. The first kappa shape index (κ1) is 13.3. The van der Waals surface area contributed by atoms with Crippen molar-refractivity contribution >= 4 is 23.5 Å². The highest BCUT2D eigenvalue weighted by atomic mass is 35.5. The summed E-state index contributed by atoms with van der Waals surface area (Å²) in [5, 5.41) is 6.51. The average Bonchev–Trinajstić information content (AvgIpc) is 2.28. The van der Waals surface area contributed by atoms with Gasteiger partial charge in [0.05, 0.1) is 6.10 Å². The van der Waals surface area contributed by atoms with E-state index in [9.17, 15) is 0 Å². The van der Waals surface area contributed by atoms with Gasteiger partial charge >= 0.3 is 0 Å². The molecule has 2 unspecified atom stereocenters. The normalized spacial score (nSPS) is 23.7. The number of anilines is 2. The number of nitrogens with one attached hydrogen (secondary N) is 2. The van der Waals surface area contributed by atoms with E-state index in [2.05, 4.69) is 32.5 Å². The van der Waals surface area contributed by atoms with Crippen LogP contribution < -0.4 is 10.6 Å². The second kappa shape index (κ2) is 6.15. The minimum Gasteiger partial charge on any atom is -0.378 e. The highest BCUT2D eigenvalue weighted by molar-refractivity contribution is 6.28. The maximum Gasteiger partial charge on any atom is 0.229 e. The standard InChI is InChI=1S/C11H18ClN5O/c1-3-13-10-15-9(12)16-11(17-10)14-8-4-5-18-7(2)6-8/h7-8H,3-6H2,1-2H3,(H2,13,14,15,16,17). The van der Waals surface area contributed by atoms with Gasteiger partial charge in [0.15, 0.2) is 0 Å². The summed E-state index contributed by atoms with van der Waals surface area (Å²) in [7, 11) is 0. The fraction of sp³-hybridized carbons (Fsp3) is 0.727. The van der Waals surface area contributed by atoms with Gasteiger partial charge in [0.2, 0.25) is 17.2 Å². The Morgan fingerprint density at radius 1 is 1.33 bits per heavy atom. The largest absolute Gasteiger partial charge is 0.378 e. The molecule has 2 heterocycles. The molecule has 0 radical (unpaired) electrons. The smallest absolute Gasteiger partial charge is 0.229 e. The molecule has 18 heavy (non-hydrogen) atoms. The molecule has 1 saturated heterocycles. The number of hydrogen-bond donors (Lipinski definition) is 2. The molecule has 0 aromatic carbocycles. The first-order valence-corrected chi connectivity index (χ1v) is 6.58. The number of halogens is 1. The van der Waals surface area contributed by atoms with Gasteiger partial charge in [0.25, 0.3) is 0 Å². The second-order valence-corrected chi connectivity index (χ2v) is 4.67. The minimum absolute atomic E-state index is 0.198. The van der Waals surface area contributed by atoms with Crippen LogP contribution in [-0.2, 0) is 4.74 Å². The maximum absolute atomic E-state index is 5.87. The molecule has 2 atom stereocenters. The predicted octanol–water partition coefficient (Wildman–Crippen LogP) is 1.94. The van der Waals surface area contributed by atoms with E-state index < -0.39 is 0 Å². The minimum atomic E-state index is 0.198. The van der Waals surface area contributed by atoms with E-state index in [1.807, 2.05) is 6.92 Å². The van der Waals surface area contributed by atoms with E-state index in [0.29, 0.717) is 17.9 Å². The molecule has 0 aliphatic carbocycles. The topological polar surface area (TPSA) is 72.0 Å². The molecule has 1 fully saturated rings. The number of nitrogens with zero attached hydrogens (tertiary/aromatic N) is 3. The molecule has 0 saturated carbocycles. The first-order valence-electron chi connectivity index (χ1n) is 6.21. The number of hydrogen-bond acceptors (Lipinski definition) is 6. The number of ether oxygens (including phenoxy) is 1. The van der Waals surface area contributed by atoms with E-state index in [0.717, 1.165) is 26.0 Å². The molecular weight excluding hydrogens is 254 g/mol. The number of rotatable bonds is 4. The zero-order valence-electron chi connectivity index (χ0n) is 10.6. The first-order chi connectivity index (χ1) is 8.67. The molecule has 0 bridgehead atoms. The Morgan fingerprint density at radius 2 is 2.11 bits per heavy atom. The van der Waals surface area contributed by atoms with Crippen LogP contribution in [0.3, 0.4) is 0 Å². The van der Waals surface area contributed by atoms with Gasteiger partial charge in [-0.25, -0.2) is 0 Å². The van der Waals surface area contributed by atoms with Crippen molar-refractivity contribution in [2.45, 2.75) is 38.8 Å². The molecule has 2 rings (SSSR count). The summed E-state index contributed by atoms with van der Waals surface area (Å²) in [5.41, 5.74) is 0. The van der Waals surface area contributed by atoms with Crippen molar-refractivity contribution in [2.24, 2.45) is 0 Å². The van der Waals surface area contributed by atoms with Gasteiger partial charge in [-0.2, -0.15) is 15.0 Å². The lowest BCUT2D eigenvalue weighted by atomic mass is 10.0. The van der Waals surface area contributed by atoms with Crippen LogP contribution in [0.2, 0.25) is 5.28 Å². The monoisotopic (exact) mass is 271 g/mol. The van der Waals surface area contributed by atoms with Crippen LogP contribution in [0.4, 0.5) is 11.9 Å². The van der Waals surface area contributed by atoms with Gasteiger partial charge in [0.1, 0.15) is 0 Å². The van der Waals surface area contributed by atoms with Crippen molar-refractivity contribution in [1.82, 2.24) is 15.0 Å². The van der Waals surface area contributed by atoms with E-state index in [-0.39, 0.29) is 11.4 Å². The Labute approximate surface area is 112 Å². The van der Waals surface area contributed by atoms with Gasteiger partial charge in [-0.05, 0) is 38.3 Å². The highest BCUT2D eigenvalue weighted by Gasteiger charge is 2.20. The molecule has 1 aliphatic heterocycles. The summed E-state index contributed by atoms with van der Waals surface area (Å²) in [5.74, 6) is 1.02. The maximum atomic E-state index is 5.87. The molecule has 1 aromatic rings. The third-order valence-electron chi connectivity index (χ3n) is 2.76. The number of aromatic nitrogens is 3. The third-order valence-corrected chi connectivity index (χ3v) is 2.93. The summed E-state index contributed by atoms with van der Waals surface area (Å²) in [6, 6.07) is 0.321. The molecule has 1 aromatic heterocycles. The quantitative estimate of drug-likeness (QED) is 0.872. The third kappa shape index (κ3) is 3.68. The predicted molar refractivity (Wildman–Crippen MR) is 71.1 cm³/mol. The SMILES string of the molecule is CCNc1nc(Cl)nc(NC2CCOC(C)C2)n1. The fourth-order valence-electron chi connectivity index (χ4n) is 1.96. The molecule has 7 heteroatoms. The summed E-state index contributed by atoms with van der Waals surface area (Å²) < 4.78 is 5.50. The van der Waals surface area contributed by atoms with Crippen molar-refractivity contribution in [3.05, 3.63) is 5.28 Å². The zero-order valence-corrected chi connectivity index (χ0v) is 11.4. The van der Waals surface area contributed by atoms with Crippen molar-refractivity contribution in [3.63, 3.8) is 0 Å². The van der Waals surface area contributed by atoms with Gasteiger partial charge in [-0.15, -0.1) is 0 Å². The Hall–Kier alpha value is -1.14. The van der Waals surface area contributed by atoms with Crippen LogP contribution in [0, 0.1) is 0 Å². The lowest BCUT2D eigenvalue weighted by Gasteiger charge is -2.27. The lowest BCUT2D eigenvalue weighted by molar-refractivity contribution is 0.0231. The Bertz CT molecular complexity index is 403. The second-order valence-electron chi connectivity index (χ2n) is 4.33. The molecule has 0 amide bonds. The Balaban J connectivity index is 2.03. The molecule has 2 N–H and O–H groups in total. The van der Waals surface area contributed by atoms with Crippen LogP contribution in [-0.4, -0.2) is 40.2 Å². The Morgan fingerprint density at radius 3 is 2.83 bits per heavy atom. The van der Waals surface area contributed by atoms with Crippen molar-refractivity contribution < 1.29 is 4.74 Å². The van der Waals surface area contributed by atoms with E-state index in [4.69, 9.17) is 16.3 Å². The van der Waals surface area contributed by atoms with E-state index in [1.54, 1.807) is 0 Å². The van der Waals surface area contributed by atoms with E-state index >= 15 is 0 Å². The van der Waals surface area contributed by atoms with Gasteiger partial charge in [-0.1, -0.05) is 0 Å². The summed E-state index contributed by atoms with van der Waals surface area (Å²) >= 11 is 5.87. The van der Waals surface area contributed by atoms with Crippen LogP contribution in [0.15, 0.2) is 0 Å². The van der Waals surface area contributed by atoms with Gasteiger partial charge in [0, 0.05) is 19.2 Å². The molecule has 100 valence electrons. The van der Waals surface area contributed by atoms with Crippen molar-refractivity contribution in [3.8, 4) is 0 Å². The summed E-state index contributed by atoms with van der Waals surface area (Å²) in [4.78, 5) is 12.4. The molecule has 1 aliphatic rings. The van der Waals surface area contributed by atoms with E-state index in [1.165, 1.54) is 0 Å². The lowest BCUT2D eigenvalue weighted by Crippen LogP contribution is -2.33. The van der Waals surface area contributed by atoms with Crippen LogP contribution in [0.1, 0.15) is 26.7 Å². The van der Waals surface area contributed by atoms with Crippen LogP contribution in [0.25, 0.3) is 0 Å². The van der Waals surface area contributed by atoms with Crippen LogP contribution >= 0.6 is 11.6 Å². The molecular formula is C11H18ClN5O. The van der Waals surface area contributed by atoms with Gasteiger partial charge < -0.3 is 15.4 Å². The van der Waals surface area contributed by atoms with Crippen molar-refractivity contribution in [1.29, 1.82) is 0 Å². The summed E-state index contributed by atoms with van der Waals surface area (Å²) in [6.45, 7) is 5.55. The average molecular weight is 272 g/mol. The van der Waals surface area contributed by atoms with Crippen LogP contribution in [0.5, 0.6) is 0 Å². The van der Waals surface area contributed by atoms with Crippen molar-refractivity contribution in [2.75, 3.05) is 23.8 Å².